The summed E-state index contributed by atoms with van der Waals surface area (Å²) in [6, 6.07) is 0.302. The van der Waals surface area contributed by atoms with Crippen LogP contribution in [0.4, 0.5) is 0 Å². The summed E-state index contributed by atoms with van der Waals surface area (Å²) in [6.07, 6.45) is 3.96. The molecule has 1 aromatic rings. The molecule has 0 bridgehead atoms. The fraction of sp³-hybridized carbons (Fsp3) is 0.583. The Morgan fingerprint density at radius 1 is 1.67 bits per heavy atom. The number of hydrogen-bond acceptors (Lipinski definition) is 4. The van der Waals surface area contributed by atoms with Gasteiger partial charge in [-0.15, -0.1) is 0 Å². The van der Waals surface area contributed by atoms with E-state index in [9.17, 15) is 9.59 Å². The SMILES string of the molecule is CC1CCC(=O)N1CCCc1nc(C(=O)O)co1. The van der Waals surface area contributed by atoms with Crippen LogP contribution in [0, 0.1) is 0 Å². The van der Waals surface area contributed by atoms with Gasteiger partial charge in [-0.05, 0) is 19.8 Å². The summed E-state index contributed by atoms with van der Waals surface area (Å²) >= 11 is 0. The largest absolute Gasteiger partial charge is 0.476 e. The van der Waals surface area contributed by atoms with E-state index in [4.69, 9.17) is 9.52 Å². The van der Waals surface area contributed by atoms with Gasteiger partial charge < -0.3 is 14.4 Å². The second-order valence-corrected chi connectivity index (χ2v) is 4.51. The minimum Gasteiger partial charge on any atom is -0.476 e. The number of carboxylic acid groups (broad SMARTS) is 1. The predicted molar refractivity (Wildman–Crippen MR) is 62.2 cm³/mol. The van der Waals surface area contributed by atoms with Crippen LogP contribution in [-0.2, 0) is 11.2 Å². The topological polar surface area (TPSA) is 83.6 Å². The Balaban J connectivity index is 1.81. The maximum atomic E-state index is 11.5. The lowest BCUT2D eigenvalue weighted by atomic mass is 10.2. The smallest absolute Gasteiger partial charge is 0.357 e. The number of nitrogens with zero attached hydrogens (tertiary/aromatic N) is 2. The first-order chi connectivity index (χ1) is 8.58. The van der Waals surface area contributed by atoms with Gasteiger partial charge in [0, 0.05) is 25.4 Å². The lowest BCUT2D eigenvalue weighted by Gasteiger charge is -2.20. The molecule has 1 unspecified atom stereocenters. The van der Waals surface area contributed by atoms with E-state index in [0.29, 0.717) is 31.3 Å². The van der Waals surface area contributed by atoms with Crippen molar-refractivity contribution in [1.82, 2.24) is 9.88 Å². The van der Waals surface area contributed by atoms with Gasteiger partial charge in [-0.3, -0.25) is 4.79 Å². The number of oxazole rings is 1. The lowest BCUT2D eigenvalue weighted by Crippen LogP contribution is -2.32. The molecule has 0 spiro atoms. The zero-order chi connectivity index (χ0) is 13.1. The van der Waals surface area contributed by atoms with Gasteiger partial charge in [0.05, 0.1) is 0 Å². The van der Waals surface area contributed by atoms with E-state index < -0.39 is 5.97 Å². The highest BCUT2D eigenvalue weighted by molar-refractivity contribution is 5.84. The molecule has 6 heteroatoms. The molecule has 18 heavy (non-hydrogen) atoms. The molecule has 1 N–H and O–H groups in total. The normalized spacial score (nSPS) is 19.5. The molecule has 98 valence electrons. The number of hydrogen-bond donors (Lipinski definition) is 1. The number of carbonyl (C=O) groups is 2. The van der Waals surface area contributed by atoms with Crippen LogP contribution in [0.3, 0.4) is 0 Å². The standard InChI is InChI=1S/C12H16N2O4/c1-8-4-5-11(15)14(8)6-2-3-10-13-9(7-18-10)12(16)17/h7-8H,2-6H2,1H3,(H,16,17). The van der Waals surface area contributed by atoms with E-state index in [0.717, 1.165) is 19.1 Å². The van der Waals surface area contributed by atoms with Crippen molar-refractivity contribution in [3.63, 3.8) is 0 Å². The number of aryl methyl sites for hydroxylation is 1. The van der Waals surface area contributed by atoms with Gasteiger partial charge in [0.15, 0.2) is 11.6 Å². The summed E-state index contributed by atoms with van der Waals surface area (Å²) in [6.45, 7) is 2.71. The minimum atomic E-state index is -1.09. The second kappa shape index (κ2) is 5.20. The van der Waals surface area contributed by atoms with Gasteiger partial charge >= 0.3 is 5.97 Å². The van der Waals surface area contributed by atoms with E-state index in [1.54, 1.807) is 0 Å². The molecule has 6 nitrogen and oxygen atoms in total. The van der Waals surface area contributed by atoms with Crippen molar-refractivity contribution in [3.8, 4) is 0 Å². The summed E-state index contributed by atoms with van der Waals surface area (Å²) in [5, 5.41) is 8.69. The van der Waals surface area contributed by atoms with Crippen molar-refractivity contribution in [2.24, 2.45) is 0 Å². The lowest BCUT2D eigenvalue weighted by molar-refractivity contribution is -0.128. The van der Waals surface area contributed by atoms with Crippen molar-refractivity contribution < 1.29 is 19.1 Å². The van der Waals surface area contributed by atoms with Crippen molar-refractivity contribution in [2.45, 2.75) is 38.6 Å². The van der Waals surface area contributed by atoms with Crippen LogP contribution in [0.15, 0.2) is 10.7 Å². The molecule has 1 aromatic heterocycles. The van der Waals surface area contributed by atoms with Crippen molar-refractivity contribution in [3.05, 3.63) is 17.8 Å². The van der Waals surface area contributed by atoms with Gasteiger partial charge in [0.25, 0.3) is 0 Å². The number of aromatic carboxylic acids is 1. The molecule has 0 radical (unpaired) electrons. The summed E-state index contributed by atoms with van der Waals surface area (Å²) in [5.74, 6) is -0.485. The van der Waals surface area contributed by atoms with Gasteiger partial charge in [-0.25, -0.2) is 9.78 Å². The first-order valence-corrected chi connectivity index (χ1v) is 6.05. The third-order valence-electron chi connectivity index (χ3n) is 3.19. The molecule has 0 saturated carbocycles. The average Bonchev–Trinajstić information content (AvgIpc) is 2.90. The summed E-state index contributed by atoms with van der Waals surface area (Å²) in [7, 11) is 0. The van der Waals surface area contributed by atoms with Gasteiger partial charge in [-0.1, -0.05) is 0 Å². The zero-order valence-electron chi connectivity index (χ0n) is 10.3. The highest BCUT2D eigenvalue weighted by Gasteiger charge is 2.26. The molecule has 1 aliphatic rings. The van der Waals surface area contributed by atoms with Crippen molar-refractivity contribution in [2.75, 3.05) is 6.54 Å². The van der Waals surface area contributed by atoms with Crippen LogP contribution in [0.1, 0.15) is 42.6 Å². The fourth-order valence-electron chi connectivity index (χ4n) is 2.15. The molecule has 1 saturated heterocycles. The number of carboxylic acids is 1. The molecule has 0 aliphatic carbocycles. The van der Waals surface area contributed by atoms with E-state index in [-0.39, 0.29) is 11.6 Å². The average molecular weight is 252 g/mol. The van der Waals surface area contributed by atoms with Crippen LogP contribution in [0.2, 0.25) is 0 Å². The molecule has 1 fully saturated rings. The van der Waals surface area contributed by atoms with Crippen LogP contribution >= 0.6 is 0 Å². The molecule has 1 aliphatic heterocycles. The summed E-state index contributed by atoms with van der Waals surface area (Å²) in [4.78, 5) is 27.8. The molecule has 2 heterocycles. The molecule has 1 amide bonds. The number of likely N-dealkylation sites (tertiary alicyclic amines) is 1. The number of carbonyl (C=O) groups excluding carboxylic acids is 1. The fourth-order valence-corrected chi connectivity index (χ4v) is 2.15. The monoisotopic (exact) mass is 252 g/mol. The second-order valence-electron chi connectivity index (χ2n) is 4.51. The van der Waals surface area contributed by atoms with Gasteiger partial charge in [0.1, 0.15) is 6.26 Å². The maximum Gasteiger partial charge on any atom is 0.357 e. The molecule has 1 atom stereocenters. The number of amides is 1. The Bertz CT molecular complexity index is 455. The van der Waals surface area contributed by atoms with Crippen LogP contribution in [0.25, 0.3) is 0 Å². The molecule has 2 rings (SSSR count). The molecular formula is C12H16N2O4. The maximum absolute atomic E-state index is 11.5. The molecular weight excluding hydrogens is 236 g/mol. The number of rotatable bonds is 5. The summed E-state index contributed by atoms with van der Waals surface area (Å²) < 4.78 is 5.05. The first-order valence-electron chi connectivity index (χ1n) is 6.05. The highest BCUT2D eigenvalue weighted by Crippen LogP contribution is 2.18. The van der Waals surface area contributed by atoms with Crippen LogP contribution in [-0.4, -0.2) is 39.5 Å². The molecule has 0 aromatic carbocycles. The zero-order valence-corrected chi connectivity index (χ0v) is 10.3. The Kier molecular flexibility index (Phi) is 3.64. The third-order valence-corrected chi connectivity index (χ3v) is 3.19. The number of aromatic nitrogens is 1. The first kappa shape index (κ1) is 12.6. The van der Waals surface area contributed by atoms with E-state index in [1.165, 1.54) is 0 Å². The van der Waals surface area contributed by atoms with Crippen molar-refractivity contribution in [1.29, 1.82) is 0 Å². The Labute approximate surface area is 105 Å². The summed E-state index contributed by atoms with van der Waals surface area (Å²) in [5.41, 5.74) is -0.0735. The van der Waals surface area contributed by atoms with E-state index in [1.807, 2.05) is 11.8 Å². The quantitative estimate of drug-likeness (QED) is 0.854. The Hall–Kier alpha value is -1.85. The Morgan fingerprint density at radius 2 is 2.44 bits per heavy atom. The van der Waals surface area contributed by atoms with Crippen LogP contribution in [0.5, 0.6) is 0 Å². The van der Waals surface area contributed by atoms with E-state index in [2.05, 4.69) is 4.98 Å². The van der Waals surface area contributed by atoms with Gasteiger partial charge in [0.2, 0.25) is 5.91 Å². The third kappa shape index (κ3) is 2.69. The highest BCUT2D eigenvalue weighted by atomic mass is 16.4. The predicted octanol–water partition coefficient (Wildman–Crippen LogP) is 1.32. The Morgan fingerprint density at radius 3 is 3.00 bits per heavy atom. The van der Waals surface area contributed by atoms with Crippen molar-refractivity contribution >= 4 is 11.9 Å². The van der Waals surface area contributed by atoms with Gasteiger partial charge in [-0.2, -0.15) is 0 Å². The minimum absolute atomic E-state index is 0.0735. The van der Waals surface area contributed by atoms with Crippen LogP contribution < -0.4 is 0 Å². The van der Waals surface area contributed by atoms with E-state index >= 15 is 0 Å².